The van der Waals surface area contributed by atoms with Gasteiger partial charge in [-0.25, -0.2) is 9.97 Å². The monoisotopic (exact) mass is 570 g/mol. The summed E-state index contributed by atoms with van der Waals surface area (Å²) in [5.74, 6) is 0.612. The molecular weight excluding hydrogens is 536 g/mol. The first-order valence-corrected chi connectivity index (χ1v) is 14.7. The third kappa shape index (κ3) is 5.07. The Morgan fingerprint density at radius 3 is 2.74 bits per heavy atom. The van der Waals surface area contributed by atoms with E-state index in [-0.39, 0.29) is 30.4 Å². The second kappa shape index (κ2) is 11.0. The molecule has 0 bridgehead atoms. The average Bonchev–Trinajstić information content (AvgIpc) is 3.54. The first kappa shape index (κ1) is 26.8. The van der Waals surface area contributed by atoms with Gasteiger partial charge in [-0.15, -0.1) is 0 Å². The number of nitrogens with one attached hydrogen (secondary N) is 1. The number of aromatic nitrogens is 2. The van der Waals surface area contributed by atoms with Gasteiger partial charge in [0.15, 0.2) is 0 Å². The molecule has 4 aliphatic heterocycles. The SMILES string of the molecule is C[C@H]1c2cc(O[C@H]3CCN(Cc4ccc5nc(N6CCOCC6)ncc5c4)C3)ccc2C(=O)N1[C@H]1CCC(=O)NC1=O. The van der Waals surface area contributed by atoms with Crippen molar-refractivity contribution in [2.75, 3.05) is 44.3 Å². The maximum atomic E-state index is 13.2. The molecule has 11 heteroatoms. The third-order valence-electron chi connectivity index (χ3n) is 8.76. The molecule has 0 saturated carbocycles. The minimum absolute atomic E-state index is 0.0431. The zero-order valence-corrected chi connectivity index (χ0v) is 23.6. The highest BCUT2D eigenvalue weighted by Gasteiger charge is 2.43. The van der Waals surface area contributed by atoms with Gasteiger partial charge in [0.2, 0.25) is 17.8 Å². The Morgan fingerprint density at radius 2 is 1.90 bits per heavy atom. The molecule has 0 radical (unpaired) electrons. The van der Waals surface area contributed by atoms with E-state index in [1.807, 2.05) is 25.3 Å². The van der Waals surface area contributed by atoms with Gasteiger partial charge in [-0.2, -0.15) is 0 Å². The molecule has 1 aromatic heterocycles. The van der Waals surface area contributed by atoms with Crippen molar-refractivity contribution in [3.05, 3.63) is 59.3 Å². The summed E-state index contributed by atoms with van der Waals surface area (Å²) < 4.78 is 11.8. The van der Waals surface area contributed by atoms with E-state index in [9.17, 15) is 14.4 Å². The Hall–Kier alpha value is -4.09. The number of piperidine rings is 1. The number of anilines is 1. The van der Waals surface area contributed by atoms with Crippen molar-refractivity contribution in [3.8, 4) is 5.75 Å². The average molecular weight is 571 g/mol. The van der Waals surface area contributed by atoms with Gasteiger partial charge in [-0.1, -0.05) is 6.07 Å². The predicted octanol–water partition coefficient (Wildman–Crippen LogP) is 2.44. The quantitative estimate of drug-likeness (QED) is 0.446. The van der Waals surface area contributed by atoms with E-state index < -0.39 is 11.9 Å². The minimum atomic E-state index is -0.640. The van der Waals surface area contributed by atoms with E-state index in [0.717, 1.165) is 67.3 Å². The van der Waals surface area contributed by atoms with Crippen LogP contribution in [0.4, 0.5) is 5.95 Å². The van der Waals surface area contributed by atoms with E-state index >= 15 is 0 Å². The number of carbonyl (C=O) groups excluding carboxylic acids is 3. The predicted molar refractivity (Wildman–Crippen MR) is 154 cm³/mol. The number of imide groups is 1. The highest BCUT2D eigenvalue weighted by molar-refractivity contribution is 6.05. The molecule has 5 heterocycles. The molecule has 0 unspecified atom stereocenters. The van der Waals surface area contributed by atoms with Gasteiger partial charge in [-0.3, -0.25) is 24.6 Å². The number of nitrogens with zero attached hydrogens (tertiary/aromatic N) is 5. The number of morpholine rings is 1. The fourth-order valence-corrected chi connectivity index (χ4v) is 6.55. The largest absolute Gasteiger partial charge is 0.489 e. The summed E-state index contributed by atoms with van der Waals surface area (Å²) in [6.45, 7) is 7.50. The van der Waals surface area contributed by atoms with Crippen LogP contribution in [0.1, 0.15) is 53.7 Å². The zero-order valence-electron chi connectivity index (χ0n) is 23.6. The second-order valence-corrected chi connectivity index (χ2v) is 11.5. The molecule has 1 N–H and O–H groups in total. The third-order valence-corrected chi connectivity index (χ3v) is 8.76. The summed E-state index contributed by atoms with van der Waals surface area (Å²) in [5.41, 5.74) is 3.60. The smallest absolute Gasteiger partial charge is 0.255 e. The van der Waals surface area contributed by atoms with E-state index in [1.165, 1.54) is 5.56 Å². The Morgan fingerprint density at radius 1 is 1.05 bits per heavy atom. The lowest BCUT2D eigenvalue weighted by Crippen LogP contribution is -2.53. The molecule has 218 valence electrons. The zero-order chi connectivity index (χ0) is 28.8. The van der Waals surface area contributed by atoms with Crippen LogP contribution in [-0.4, -0.2) is 89.0 Å². The van der Waals surface area contributed by atoms with Gasteiger partial charge in [0, 0.05) is 56.3 Å². The summed E-state index contributed by atoms with van der Waals surface area (Å²) in [6.07, 6.45) is 3.44. The van der Waals surface area contributed by atoms with Crippen LogP contribution in [0.5, 0.6) is 5.75 Å². The van der Waals surface area contributed by atoms with Crippen molar-refractivity contribution in [2.45, 2.75) is 50.9 Å². The van der Waals surface area contributed by atoms with E-state index in [0.29, 0.717) is 25.2 Å². The molecule has 3 amide bonds. The van der Waals surface area contributed by atoms with Crippen LogP contribution in [0.15, 0.2) is 42.6 Å². The molecule has 11 nitrogen and oxygen atoms in total. The van der Waals surface area contributed by atoms with Crippen LogP contribution in [0.3, 0.4) is 0 Å². The Bertz CT molecular complexity index is 1560. The lowest BCUT2D eigenvalue weighted by Gasteiger charge is -2.32. The van der Waals surface area contributed by atoms with Crippen LogP contribution < -0.4 is 15.0 Å². The number of amides is 3. The maximum absolute atomic E-state index is 13.2. The molecule has 3 fully saturated rings. The van der Waals surface area contributed by atoms with E-state index in [1.54, 1.807) is 11.0 Å². The van der Waals surface area contributed by atoms with Crippen LogP contribution in [0.2, 0.25) is 0 Å². The molecule has 3 aromatic rings. The van der Waals surface area contributed by atoms with Gasteiger partial charge in [0.25, 0.3) is 5.91 Å². The van der Waals surface area contributed by atoms with Crippen molar-refractivity contribution >= 4 is 34.6 Å². The van der Waals surface area contributed by atoms with E-state index in [2.05, 4.69) is 38.3 Å². The van der Waals surface area contributed by atoms with Gasteiger partial charge < -0.3 is 19.3 Å². The van der Waals surface area contributed by atoms with Crippen molar-refractivity contribution in [3.63, 3.8) is 0 Å². The van der Waals surface area contributed by atoms with Gasteiger partial charge in [0.05, 0.1) is 24.8 Å². The van der Waals surface area contributed by atoms with E-state index in [4.69, 9.17) is 14.5 Å². The molecule has 4 aliphatic rings. The summed E-state index contributed by atoms with van der Waals surface area (Å²) in [4.78, 5) is 52.8. The lowest BCUT2D eigenvalue weighted by atomic mass is 10.0. The van der Waals surface area contributed by atoms with Crippen LogP contribution in [-0.2, 0) is 20.9 Å². The first-order valence-electron chi connectivity index (χ1n) is 14.7. The van der Waals surface area contributed by atoms with Crippen molar-refractivity contribution in [2.24, 2.45) is 0 Å². The maximum Gasteiger partial charge on any atom is 0.255 e. The number of hydrogen-bond donors (Lipinski definition) is 1. The first-order chi connectivity index (χ1) is 20.4. The minimum Gasteiger partial charge on any atom is -0.489 e. The Labute approximate surface area is 243 Å². The number of carbonyl (C=O) groups is 3. The molecular formula is C31H34N6O5. The normalized spacial score (nSPS) is 24.8. The number of benzene rings is 2. The highest BCUT2D eigenvalue weighted by Crippen LogP contribution is 2.38. The Kier molecular flexibility index (Phi) is 6.99. The summed E-state index contributed by atoms with van der Waals surface area (Å²) in [6, 6.07) is 11.0. The molecule has 7 rings (SSSR count). The molecule has 42 heavy (non-hydrogen) atoms. The summed E-state index contributed by atoms with van der Waals surface area (Å²) in [5, 5.41) is 3.40. The fraction of sp³-hybridized carbons (Fsp3) is 0.452. The van der Waals surface area contributed by atoms with Gasteiger partial charge in [0.1, 0.15) is 17.9 Å². The summed E-state index contributed by atoms with van der Waals surface area (Å²) in [7, 11) is 0. The number of ether oxygens (including phenoxy) is 2. The van der Waals surface area contributed by atoms with Crippen molar-refractivity contribution in [1.29, 1.82) is 0 Å². The number of hydrogen-bond acceptors (Lipinski definition) is 9. The van der Waals surface area contributed by atoms with Crippen LogP contribution in [0, 0.1) is 0 Å². The lowest BCUT2D eigenvalue weighted by molar-refractivity contribution is -0.137. The van der Waals surface area contributed by atoms with Crippen molar-refractivity contribution in [1.82, 2.24) is 25.1 Å². The standard InChI is InChI=1S/C31H34N6O5/c1-19-25-15-22(3-4-24(25)30(40)37(19)27-6-7-28(38)34-29(27)39)42-23-8-9-35(18-23)17-20-2-5-26-21(14-20)16-32-31(33-26)36-10-12-41-13-11-36/h2-5,14-16,19,23,27H,6-13,17-18H2,1H3,(H,34,38,39)/t19-,23-,27-/m0/s1. The second-order valence-electron chi connectivity index (χ2n) is 11.5. The number of fused-ring (bicyclic) bond motifs is 2. The molecule has 2 aromatic carbocycles. The Balaban J connectivity index is 0.977. The highest BCUT2D eigenvalue weighted by atomic mass is 16.5. The summed E-state index contributed by atoms with van der Waals surface area (Å²) >= 11 is 0. The van der Waals surface area contributed by atoms with Gasteiger partial charge >= 0.3 is 0 Å². The van der Waals surface area contributed by atoms with Gasteiger partial charge in [-0.05, 0) is 61.2 Å². The molecule has 0 aliphatic carbocycles. The molecule has 3 atom stereocenters. The van der Waals surface area contributed by atoms with Crippen LogP contribution in [0.25, 0.3) is 10.9 Å². The van der Waals surface area contributed by atoms with Crippen molar-refractivity contribution < 1.29 is 23.9 Å². The fourth-order valence-electron chi connectivity index (χ4n) is 6.55. The van der Waals surface area contributed by atoms with Crippen LogP contribution >= 0.6 is 0 Å². The molecule has 3 saturated heterocycles. The number of rotatable bonds is 6. The molecule has 0 spiro atoms. The number of likely N-dealkylation sites (tertiary alicyclic amines) is 1. The topological polar surface area (TPSA) is 117 Å².